The van der Waals surface area contributed by atoms with E-state index in [1.165, 1.54) is 0 Å². The first kappa shape index (κ1) is 18.9. The number of rotatable bonds is 7. The molecule has 1 amide bonds. The lowest BCUT2D eigenvalue weighted by Gasteiger charge is -2.25. The Morgan fingerprint density at radius 2 is 1.88 bits per heavy atom. The lowest BCUT2D eigenvalue weighted by Crippen LogP contribution is -2.27. The molecule has 3 rings (SSSR count). The molecule has 1 heterocycles. The number of ether oxygens (including phenoxy) is 2. The van der Waals surface area contributed by atoms with Crippen LogP contribution in [0.1, 0.15) is 31.2 Å². The van der Waals surface area contributed by atoms with Gasteiger partial charge in [0.15, 0.2) is 11.5 Å². The highest BCUT2D eigenvalue weighted by Crippen LogP contribution is 2.44. The molecule has 4 nitrogen and oxygen atoms in total. The molecule has 0 saturated carbocycles. The summed E-state index contributed by atoms with van der Waals surface area (Å²) in [5.41, 5.74) is 1.86. The molecule has 1 aliphatic heterocycles. The van der Waals surface area contributed by atoms with Crippen LogP contribution in [-0.4, -0.2) is 24.9 Å². The maximum Gasteiger partial charge on any atom is 0.238 e. The summed E-state index contributed by atoms with van der Waals surface area (Å²) in [6.07, 6.45) is 0.935. The monoisotopic (exact) mass is 391 g/mol. The highest BCUT2D eigenvalue weighted by molar-refractivity contribution is 8.00. The maximum atomic E-state index is 12.5. The van der Waals surface area contributed by atoms with E-state index in [1.54, 1.807) is 23.9 Å². The number of hydrogen-bond acceptors (Lipinski definition) is 4. The number of nitrogens with zero attached hydrogens (tertiary/aromatic N) is 1. The third kappa shape index (κ3) is 4.10. The van der Waals surface area contributed by atoms with Gasteiger partial charge in [-0.2, -0.15) is 0 Å². The van der Waals surface area contributed by atoms with Gasteiger partial charge in [0, 0.05) is 10.7 Å². The van der Waals surface area contributed by atoms with Gasteiger partial charge in [-0.05, 0) is 55.3 Å². The topological polar surface area (TPSA) is 38.8 Å². The normalized spacial score (nSPS) is 16.8. The summed E-state index contributed by atoms with van der Waals surface area (Å²) >= 11 is 7.59. The molecule has 1 atom stereocenters. The van der Waals surface area contributed by atoms with Crippen molar-refractivity contribution in [3.8, 4) is 11.5 Å². The van der Waals surface area contributed by atoms with E-state index in [0.717, 1.165) is 29.2 Å². The largest absolute Gasteiger partial charge is 0.490 e. The first-order chi connectivity index (χ1) is 12.6. The molecule has 0 aliphatic carbocycles. The summed E-state index contributed by atoms with van der Waals surface area (Å²) in [6, 6.07) is 13.3. The summed E-state index contributed by atoms with van der Waals surface area (Å²) in [5, 5.41) is 0.559. The van der Waals surface area contributed by atoms with Crippen LogP contribution in [0.3, 0.4) is 0 Å². The van der Waals surface area contributed by atoms with Gasteiger partial charge in [-0.1, -0.05) is 24.6 Å². The van der Waals surface area contributed by atoms with Crippen molar-refractivity contribution in [1.29, 1.82) is 0 Å². The lowest BCUT2D eigenvalue weighted by molar-refractivity contribution is -0.115. The molecule has 0 bridgehead atoms. The van der Waals surface area contributed by atoms with Gasteiger partial charge in [-0.25, -0.2) is 0 Å². The SMILES string of the molecule is CCCOc1ccc([C@@H]2SCC(=O)N2c2ccc(Cl)cc2)cc1OCC. The van der Waals surface area contributed by atoms with Crippen LogP contribution in [0, 0.1) is 0 Å². The highest BCUT2D eigenvalue weighted by Gasteiger charge is 2.34. The van der Waals surface area contributed by atoms with E-state index in [0.29, 0.717) is 24.0 Å². The van der Waals surface area contributed by atoms with Crippen molar-refractivity contribution in [1.82, 2.24) is 0 Å². The Kier molecular flexibility index (Phi) is 6.33. The van der Waals surface area contributed by atoms with Crippen molar-refractivity contribution >= 4 is 35.0 Å². The molecular formula is C20H22ClNO3S. The zero-order chi connectivity index (χ0) is 18.5. The minimum atomic E-state index is -0.0943. The molecule has 1 saturated heterocycles. The third-order valence-corrected chi connectivity index (χ3v) is 5.45. The van der Waals surface area contributed by atoms with Gasteiger partial charge in [0.05, 0.1) is 19.0 Å². The Balaban J connectivity index is 1.92. The highest BCUT2D eigenvalue weighted by atomic mass is 35.5. The molecule has 0 N–H and O–H groups in total. The van der Waals surface area contributed by atoms with Crippen molar-refractivity contribution in [3.63, 3.8) is 0 Å². The quantitative estimate of drug-likeness (QED) is 0.641. The average Bonchev–Trinajstić information content (AvgIpc) is 3.03. The summed E-state index contributed by atoms with van der Waals surface area (Å²) < 4.78 is 11.5. The fourth-order valence-electron chi connectivity index (χ4n) is 2.83. The van der Waals surface area contributed by atoms with Crippen LogP contribution in [0.5, 0.6) is 11.5 Å². The van der Waals surface area contributed by atoms with Gasteiger partial charge < -0.3 is 9.47 Å². The van der Waals surface area contributed by atoms with Crippen molar-refractivity contribution < 1.29 is 14.3 Å². The lowest BCUT2D eigenvalue weighted by atomic mass is 10.1. The molecule has 26 heavy (non-hydrogen) atoms. The van der Waals surface area contributed by atoms with Crippen LogP contribution in [0.4, 0.5) is 5.69 Å². The molecule has 1 aliphatic rings. The Hall–Kier alpha value is -1.85. The Morgan fingerprint density at radius 3 is 2.58 bits per heavy atom. The summed E-state index contributed by atoms with van der Waals surface area (Å²) in [6.45, 7) is 5.22. The van der Waals surface area contributed by atoms with E-state index in [2.05, 4.69) is 6.92 Å². The van der Waals surface area contributed by atoms with Crippen molar-refractivity contribution in [2.45, 2.75) is 25.6 Å². The molecule has 0 radical (unpaired) electrons. The number of carbonyl (C=O) groups is 1. The summed E-state index contributed by atoms with van der Waals surface area (Å²) in [7, 11) is 0. The van der Waals surface area contributed by atoms with Crippen LogP contribution in [-0.2, 0) is 4.79 Å². The van der Waals surface area contributed by atoms with Gasteiger partial charge in [-0.3, -0.25) is 9.69 Å². The van der Waals surface area contributed by atoms with Crippen molar-refractivity contribution in [3.05, 3.63) is 53.1 Å². The predicted molar refractivity (Wildman–Crippen MR) is 108 cm³/mol. The number of halogens is 1. The molecule has 2 aromatic carbocycles. The van der Waals surface area contributed by atoms with Crippen LogP contribution in [0.2, 0.25) is 5.02 Å². The molecule has 6 heteroatoms. The smallest absolute Gasteiger partial charge is 0.238 e. The minimum Gasteiger partial charge on any atom is -0.490 e. The van der Waals surface area contributed by atoms with Crippen LogP contribution in [0.15, 0.2) is 42.5 Å². The zero-order valence-electron chi connectivity index (χ0n) is 14.9. The van der Waals surface area contributed by atoms with Gasteiger partial charge in [0.25, 0.3) is 0 Å². The standard InChI is InChI=1S/C20H22ClNO3S/c1-3-11-25-17-10-5-14(12-18(17)24-4-2)20-22(19(23)13-26-20)16-8-6-15(21)7-9-16/h5-10,12,20H,3-4,11,13H2,1-2H3/t20-/m0/s1. The van der Waals surface area contributed by atoms with Crippen LogP contribution < -0.4 is 14.4 Å². The zero-order valence-corrected chi connectivity index (χ0v) is 16.5. The fraction of sp³-hybridized carbons (Fsp3) is 0.350. The van der Waals surface area contributed by atoms with Gasteiger partial charge >= 0.3 is 0 Å². The Bertz CT molecular complexity index is 766. The number of anilines is 1. The van der Waals surface area contributed by atoms with Crippen LogP contribution in [0.25, 0.3) is 0 Å². The van der Waals surface area contributed by atoms with Gasteiger partial charge in [0.2, 0.25) is 5.91 Å². The number of carbonyl (C=O) groups excluding carboxylic acids is 1. The molecule has 2 aromatic rings. The predicted octanol–water partition coefficient (Wildman–Crippen LogP) is 5.31. The third-order valence-electron chi connectivity index (χ3n) is 3.99. The van der Waals surface area contributed by atoms with Gasteiger partial charge in [0.1, 0.15) is 5.37 Å². The van der Waals surface area contributed by atoms with E-state index in [-0.39, 0.29) is 11.3 Å². The first-order valence-electron chi connectivity index (χ1n) is 8.72. The second-order valence-corrected chi connectivity index (χ2v) is 7.40. The van der Waals surface area contributed by atoms with E-state index < -0.39 is 0 Å². The van der Waals surface area contributed by atoms with Gasteiger partial charge in [-0.15, -0.1) is 11.8 Å². The van der Waals surface area contributed by atoms with Crippen molar-refractivity contribution in [2.75, 3.05) is 23.9 Å². The van der Waals surface area contributed by atoms with Crippen molar-refractivity contribution in [2.24, 2.45) is 0 Å². The average molecular weight is 392 g/mol. The molecule has 0 unspecified atom stereocenters. The Labute approximate surface area is 163 Å². The number of amides is 1. The molecular weight excluding hydrogens is 370 g/mol. The van der Waals surface area contributed by atoms with E-state index in [1.807, 2.05) is 42.2 Å². The number of hydrogen-bond donors (Lipinski definition) is 0. The maximum absolute atomic E-state index is 12.5. The molecule has 0 aromatic heterocycles. The van der Waals surface area contributed by atoms with E-state index in [9.17, 15) is 4.79 Å². The minimum absolute atomic E-state index is 0.0894. The fourth-order valence-corrected chi connectivity index (χ4v) is 4.12. The first-order valence-corrected chi connectivity index (χ1v) is 10.2. The second-order valence-electron chi connectivity index (χ2n) is 5.89. The number of thioether (sulfide) groups is 1. The summed E-state index contributed by atoms with van der Waals surface area (Å²) in [4.78, 5) is 14.3. The summed E-state index contributed by atoms with van der Waals surface area (Å²) in [5.74, 6) is 2.00. The van der Waals surface area contributed by atoms with Crippen LogP contribution >= 0.6 is 23.4 Å². The molecule has 1 fully saturated rings. The van der Waals surface area contributed by atoms with E-state index in [4.69, 9.17) is 21.1 Å². The second kappa shape index (κ2) is 8.69. The molecule has 0 spiro atoms. The Morgan fingerprint density at radius 1 is 1.12 bits per heavy atom. The number of benzene rings is 2. The van der Waals surface area contributed by atoms with E-state index >= 15 is 0 Å². The molecule has 138 valence electrons.